The van der Waals surface area contributed by atoms with Crippen LogP contribution in [0.15, 0.2) is 200 Å². The number of aromatic nitrogens is 5. The summed E-state index contributed by atoms with van der Waals surface area (Å²) in [5.41, 5.74) is 10.0. The monoisotopic (exact) mass is 739 g/mol. The van der Waals surface area contributed by atoms with E-state index < -0.39 is 0 Å². The van der Waals surface area contributed by atoms with Gasteiger partial charge in [-0.2, -0.15) is 0 Å². The number of pyridine rings is 2. The van der Waals surface area contributed by atoms with E-state index in [1.165, 1.54) is 27.1 Å². The molecule has 8 aromatic carbocycles. The van der Waals surface area contributed by atoms with Crippen LogP contribution in [0.5, 0.6) is 0 Å². The Morgan fingerprint density at radius 3 is 1.47 bits per heavy atom. The van der Waals surface area contributed by atoms with Gasteiger partial charge in [-0.1, -0.05) is 152 Å². The first-order valence-electron chi connectivity index (χ1n) is 19.4. The Bertz CT molecular complexity index is 3210. The summed E-state index contributed by atoms with van der Waals surface area (Å²) >= 11 is 0. The van der Waals surface area contributed by atoms with Gasteiger partial charge in [-0.05, 0) is 85.6 Å². The molecule has 0 unspecified atom stereocenters. The average molecular weight is 740 g/mol. The molecular formula is C53H33N5. The fourth-order valence-corrected chi connectivity index (χ4v) is 8.17. The van der Waals surface area contributed by atoms with Gasteiger partial charge < -0.3 is 0 Å². The van der Waals surface area contributed by atoms with Crippen LogP contribution in [0.3, 0.4) is 0 Å². The molecule has 0 amide bonds. The molecule has 0 aliphatic heterocycles. The second kappa shape index (κ2) is 14.0. The first-order chi connectivity index (χ1) is 28.7. The highest BCUT2D eigenvalue weighted by Crippen LogP contribution is 2.41. The third kappa shape index (κ3) is 5.94. The Morgan fingerprint density at radius 1 is 0.293 bits per heavy atom. The van der Waals surface area contributed by atoms with Crippen LogP contribution in [0.2, 0.25) is 0 Å². The third-order valence-electron chi connectivity index (χ3n) is 10.9. The minimum atomic E-state index is 0.608. The average Bonchev–Trinajstić information content (AvgIpc) is 3.31. The van der Waals surface area contributed by atoms with Crippen LogP contribution in [0.1, 0.15) is 0 Å². The van der Waals surface area contributed by atoms with Crippen LogP contribution in [0, 0.1) is 0 Å². The Hall–Kier alpha value is -7.89. The van der Waals surface area contributed by atoms with Gasteiger partial charge in [0.1, 0.15) is 0 Å². The standard InChI is InChI=1S/C53H33N5/c1-3-13-36(14-4-1)51-56-52(37-15-5-2-6-16-37)58-53(57-51)42-31-40(30-41(32-42)49-43-19-9-7-17-38(43)29-39-18-8-10-20-44(39)49)34-23-25-35(26-24-34)50-47-33-54-28-27-45(47)46-21-11-12-22-48(46)55-50/h1-33H. The fraction of sp³-hybridized carbons (Fsp3) is 0. The van der Waals surface area contributed by atoms with Crippen LogP contribution in [0.4, 0.5) is 0 Å². The molecule has 0 spiro atoms. The van der Waals surface area contributed by atoms with Crippen LogP contribution >= 0.6 is 0 Å². The normalized spacial score (nSPS) is 11.4. The summed E-state index contributed by atoms with van der Waals surface area (Å²) in [4.78, 5) is 24.9. The largest absolute Gasteiger partial charge is 0.264 e. The molecule has 3 aromatic heterocycles. The molecule has 0 atom stereocenters. The second-order valence-corrected chi connectivity index (χ2v) is 14.5. The Balaban J connectivity index is 1.14. The van der Waals surface area contributed by atoms with E-state index in [1.807, 2.05) is 79.1 Å². The van der Waals surface area contributed by atoms with Crippen LogP contribution in [-0.4, -0.2) is 24.9 Å². The first kappa shape index (κ1) is 33.4. The van der Waals surface area contributed by atoms with Crippen LogP contribution in [-0.2, 0) is 0 Å². The van der Waals surface area contributed by atoms with E-state index in [0.29, 0.717) is 17.5 Å². The van der Waals surface area contributed by atoms with Gasteiger partial charge in [0.15, 0.2) is 17.5 Å². The molecule has 0 saturated heterocycles. The van der Waals surface area contributed by atoms with E-state index in [2.05, 4.69) is 126 Å². The smallest absolute Gasteiger partial charge is 0.164 e. The number of para-hydroxylation sites is 1. The van der Waals surface area contributed by atoms with Crippen LogP contribution in [0.25, 0.3) is 111 Å². The number of fused-ring (bicyclic) bond motifs is 5. The predicted octanol–water partition coefficient (Wildman–Crippen LogP) is 13.3. The van der Waals surface area contributed by atoms with Crippen LogP contribution < -0.4 is 0 Å². The highest BCUT2D eigenvalue weighted by Gasteiger charge is 2.18. The number of hydrogen-bond acceptors (Lipinski definition) is 5. The lowest BCUT2D eigenvalue weighted by atomic mass is 9.89. The maximum atomic E-state index is 5.16. The van der Waals surface area contributed by atoms with Crippen molar-refractivity contribution in [1.29, 1.82) is 0 Å². The number of hydrogen-bond donors (Lipinski definition) is 0. The summed E-state index contributed by atoms with van der Waals surface area (Å²) in [7, 11) is 0. The fourth-order valence-electron chi connectivity index (χ4n) is 8.17. The molecule has 0 N–H and O–H groups in total. The van der Waals surface area contributed by atoms with E-state index >= 15 is 0 Å². The molecule has 0 radical (unpaired) electrons. The SMILES string of the molecule is c1ccc(-c2nc(-c3ccccc3)nc(-c3cc(-c4ccc(-c5nc6ccccc6c6ccncc56)cc4)cc(-c4c5ccccc5cc5ccccc45)c3)n2)cc1. The number of nitrogens with zero attached hydrogens (tertiary/aromatic N) is 5. The second-order valence-electron chi connectivity index (χ2n) is 14.5. The molecule has 11 rings (SSSR count). The Kier molecular flexibility index (Phi) is 8.07. The zero-order chi connectivity index (χ0) is 38.4. The van der Waals surface area contributed by atoms with E-state index in [1.54, 1.807) is 0 Å². The summed E-state index contributed by atoms with van der Waals surface area (Å²) in [5.74, 6) is 1.86. The summed E-state index contributed by atoms with van der Waals surface area (Å²) in [6.07, 6.45) is 3.77. The maximum Gasteiger partial charge on any atom is 0.164 e. The quantitative estimate of drug-likeness (QED) is 0.125. The van der Waals surface area contributed by atoms with Crippen molar-refractivity contribution >= 4 is 43.2 Å². The van der Waals surface area contributed by atoms with Gasteiger partial charge in [-0.3, -0.25) is 4.98 Å². The number of benzene rings is 8. The van der Waals surface area contributed by atoms with Crippen molar-refractivity contribution in [2.75, 3.05) is 0 Å². The lowest BCUT2D eigenvalue weighted by Crippen LogP contribution is -2.00. The molecule has 3 heterocycles. The molecule has 58 heavy (non-hydrogen) atoms. The first-order valence-corrected chi connectivity index (χ1v) is 19.4. The predicted molar refractivity (Wildman–Crippen MR) is 238 cm³/mol. The number of rotatable bonds is 6. The summed E-state index contributed by atoms with van der Waals surface area (Å²) in [6.45, 7) is 0. The minimum absolute atomic E-state index is 0.608. The van der Waals surface area contributed by atoms with E-state index in [4.69, 9.17) is 19.9 Å². The minimum Gasteiger partial charge on any atom is -0.264 e. The van der Waals surface area contributed by atoms with Crippen molar-refractivity contribution in [1.82, 2.24) is 24.9 Å². The molecule has 0 fully saturated rings. The molecule has 5 nitrogen and oxygen atoms in total. The summed E-state index contributed by atoms with van der Waals surface area (Å²) in [6, 6.07) is 65.7. The lowest BCUT2D eigenvalue weighted by Gasteiger charge is -2.16. The maximum absolute atomic E-state index is 5.16. The topological polar surface area (TPSA) is 64.5 Å². The van der Waals surface area contributed by atoms with Gasteiger partial charge in [0.25, 0.3) is 0 Å². The zero-order valence-electron chi connectivity index (χ0n) is 31.3. The van der Waals surface area contributed by atoms with Gasteiger partial charge in [0.2, 0.25) is 0 Å². The molecular weight excluding hydrogens is 707 g/mol. The van der Waals surface area contributed by atoms with Gasteiger partial charge in [-0.15, -0.1) is 0 Å². The van der Waals surface area contributed by atoms with Gasteiger partial charge in [0, 0.05) is 45.4 Å². The van der Waals surface area contributed by atoms with Crippen molar-refractivity contribution in [2.45, 2.75) is 0 Å². The van der Waals surface area contributed by atoms with Crippen molar-refractivity contribution in [3.8, 4) is 67.7 Å². The van der Waals surface area contributed by atoms with Crippen molar-refractivity contribution in [3.05, 3.63) is 200 Å². The van der Waals surface area contributed by atoms with Crippen molar-refractivity contribution in [3.63, 3.8) is 0 Å². The van der Waals surface area contributed by atoms with E-state index in [-0.39, 0.29) is 0 Å². The van der Waals surface area contributed by atoms with Crippen molar-refractivity contribution < 1.29 is 0 Å². The molecule has 0 bridgehead atoms. The third-order valence-corrected chi connectivity index (χ3v) is 10.9. The van der Waals surface area contributed by atoms with Gasteiger partial charge >= 0.3 is 0 Å². The van der Waals surface area contributed by atoms with Gasteiger partial charge in [0.05, 0.1) is 11.2 Å². The highest BCUT2D eigenvalue weighted by atomic mass is 15.0. The molecule has 0 saturated carbocycles. The Morgan fingerprint density at radius 2 is 0.810 bits per heavy atom. The molecule has 11 aromatic rings. The van der Waals surface area contributed by atoms with E-state index in [0.717, 1.165) is 66.3 Å². The zero-order valence-corrected chi connectivity index (χ0v) is 31.3. The van der Waals surface area contributed by atoms with E-state index in [9.17, 15) is 0 Å². The Labute approximate surface area is 335 Å². The molecule has 0 aliphatic carbocycles. The molecule has 0 aliphatic rings. The molecule has 5 heteroatoms. The summed E-state index contributed by atoms with van der Waals surface area (Å²) in [5, 5.41) is 8.04. The lowest BCUT2D eigenvalue weighted by molar-refractivity contribution is 1.07. The highest BCUT2D eigenvalue weighted by molar-refractivity contribution is 6.13. The summed E-state index contributed by atoms with van der Waals surface area (Å²) < 4.78 is 0. The van der Waals surface area contributed by atoms with Crippen molar-refractivity contribution in [2.24, 2.45) is 0 Å². The molecule has 270 valence electrons. The van der Waals surface area contributed by atoms with Gasteiger partial charge in [-0.25, -0.2) is 19.9 Å².